The molecule has 5 nitrogen and oxygen atoms in total. The average molecular weight is 358 g/mol. The van der Waals surface area contributed by atoms with E-state index in [4.69, 9.17) is 4.74 Å². The number of morpholine rings is 1. The number of carbonyl (C=O) groups is 2. The molecule has 0 saturated carbocycles. The van der Waals surface area contributed by atoms with E-state index in [1.54, 1.807) is 0 Å². The van der Waals surface area contributed by atoms with Crippen molar-refractivity contribution in [2.45, 2.75) is 45.2 Å². The number of nitrogens with zero attached hydrogens (tertiary/aromatic N) is 2. The maximum absolute atomic E-state index is 13.5. The number of amides is 1. The van der Waals surface area contributed by atoms with Gasteiger partial charge >= 0.3 is 0 Å². The maximum Gasteiger partial charge on any atom is 0.245 e. The molecule has 3 rings (SSSR count). The van der Waals surface area contributed by atoms with Crippen LogP contribution in [0.25, 0.3) is 0 Å². The summed E-state index contributed by atoms with van der Waals surface area (Å²) in [6.45, 7) is 7.56. The van der Waals surface area contributed by atoms with Crippen LogP contribution in [0.4, 0.5) is 0 Å². The van der Waals surface area contributed by atoms with E-state index in [-0.39, 0.29) is 23.8 Å². The standard InChI is InChI=1S/C21H30N2O3/c1-16(2)15-19(24)18-9-6-10-23(18)21(25)20(17-7-4-3-5-8-17)22-11-13-26-14-12-22/h3-5,7-8,16,18,20H,6,9-15H2,1-2H3. The summed E-state index contributed by atoms with van der Waals surface area (Å²) in [5.74, 6) is 0.599. The van der Waals surface area contributed by atoms with Crippen LogP contribution in [0.2, 0.25) is 0 Å². The Balaban J connectivity index is 1.83. The van der Waals surface area contributed by atoms with Gasteiger partial charge in [-0.3, -0.25) is 14.5 Å². The Hall–Kier alpha value is -1.72. The normalized spacial score (nSPS) is 22.6. The molecule has 0 aromatic heterocycles. The van der Waals surface area contributed by atoms with Crippen molar-refractivity contribution in [3.05, 3.63) is 35.9 Å². The van der Waals surface area contributed by atoms with Gasteiger partial charge in [0, 0.05) is 26.1 Å². The number of ether oxygens (including phenoxy) is 1. The fourth-order valence-corrected chi connectivity index (χ4v) is 4.04. The highest BCUT2D eigenvalue weighted by Crippen LogP contribution is 2.29. The molecule has 2 saturated heterocycles. The molecule has 1 aromatic rings. The minimum absolute atomic E-state index is 0.0673. The molecule has 0 bridgehead atoms. The summed E-state index contributed by atoms with van der Waals surface area (Å²) < 4.78 is 5.47. The van der Waals surface area contributed by atoms with Crippen LogP contribution in [-0.2, 0) is 14.3 Å². The fraction of sp³-hybridized carbons (Fsp3) is 0.619. The largest absolute Gasteiger partial charge is 0.379 e. The zero-order chi connectivity index (χ0) is 18.5. The Kier molecular flexibility index (Phi) is 6.43. The van der Waals surface area contributed by atoms with E-state index in [9.17, 15) is 9.59 Å². The first-order chi connectivity index (χ1) is 12.6. The molecular formula is C21H30N2O3. The first kappa shape index (κ1) is 19.1. The van der Waals surface area contributed by atoms with E-state index in [0.717, 1.165) is 31.5 Å². The van der Waals surface area contributed by atoms with E-state index in [1.807, 2.05) is 35.2 Å². The van der Waals surface area contributed by atoms with Crippen molar-refractivity contribution < 1.29 is 14.3 Å². The molecule has 5 heteroatoms. The lowest BCUT2D eigenvalue weighted by Gasteiger charge is -2.37. The predicted octanol–water partition coefficient (Wildman–Crippen LogP) is 2.67. The van der Waals surface area contributed by atoms with E-state index >= 15 is 0 Å². The molecule has 2 aliphatic rings. The molecule has 142 valence electrons. The Bertz CT molecular complexity index is 611. The topological polar surface area (TPSA) is 49.9 Å². The van der Waals surface area contributed by atoms with Crippen molar-refractivity contribution in [2.24, 2.45) is 5.92 Å². The molecule has 1 aromatic carbocycles. The van der Waals surface area contributed by atoms with Gasteiger partial charge in [-0.15, -0.1) is 0 Å². The zero-order valence-corrected chi connectivity index (χ0v) is 15.9. The van der Waals surface area contributed by atoms with Crippen LogP contribution in [-0.4, -0.2) is 60.4 Å². The number of Topliss-reactive ketones (excluding diaryl/α,β-unsaturated/α-hetero) is 1. The summed E-state index contributed by atoms with van der Waals surface area (Å²) in [4.78, 5) is 30.3. The van der Waals surface area contributed by atoms with Gasteiger partial charge in [0.2, 0.25) is 5.91 Å². The summed E-state index contributed by atoms with van der Waals surface area (Å²) >= 11 is 0. The monoisotopic (exact) mass is 358 g/mol. The molecule has 2 atom stereocenters. The van der Waals surface area contributed by atoms with Gasteiger partial charge in [0.15, 0.2) is 5.78 Å². The quantitative estimate of drug-likeness (QED) is 0.784. The van der Waals surface area contributed by atoms with Crippen molar-refractivity contribution in [3.8, 4) is 0 Å². The third kappa shape index (κ3) is 4.33. The Labute approximate surface area is 156 Å². The number of hydrogen-bond acceptors (Lipinski definition) is 4. The summed E-state index contributed by atoms with van der Waals surface area (Å²) in [5, 5.41) is 0. The number of likely N-dealkylation sites (tertiary alicyclic amines) is 1. The first-order valence-electron chi connectivity index (χ1n) is 9.78. The SMILES string of the molecule is CC(C)CC(=O)C1CCCN1C(=O)C(c1ccccc1)N1CCOCC1. The molecule has 0 radical (unpaired) electrons. The van der Waals surface area contributed by atoms with Gasteiger partial charge in [0.25, 0.3) is 0 Å². The Morgan fingerprint density at radius 2 is 1.81 bits per heavy atom. The molecule has 1 amide bonds. The number of carbonyl (C=O) groups excluding carboxylic acids is 2. The first-order valence-corrected chi connectivity index (χ1v) is 9.78. The van der Waals surface area contributed by atoms with Crippen LogP contribution in [0.1, 0.15) is 44.7 Å². The van der Waals surface area contributed by atoms with Crippen LogP contribution in [0, 0.1) is 5.92 Å². The summed E-state index contributed by atoms with van der Waals surface area (Å²) in [6.07, 6.45) is 2.24. The number of benzene rings is 1. The van der Waals surface area contributed by atoms with Gasteiger partial charge in [-0.1, -0.05) is 44.2 Å². The minimum atomic E-state index is -0.326. The average Bonchev–Trinajstić information content (AvgIpc) is 3.13. The van der Waals surface area contributed by atoms with Gasteiger partial charge in [0.1, 0.15) is 6.04 Å². The molecular weight excluding hydrogens is 328 g/mol. The van der Waals surface area contributed by atoms with Gasteiger partial charge in [-0.05, 0) is 24.3 Å². The molecule has 26 heavy (non-hydrogen) atoms. The van der Waals surface area contributed by atoms with Crippen LogP contribution >= 0.6 is 0 Å². The highest BCUT2D eigenvalue weighted by atomic mass is 16.5. The molecule has 0 spiro atoms. The number of hydrogen-bond donors (Lipinski definition) is 0. The van der Waals surface area contributed by atoms with Gasteiger partial charge in [-0.25, -0.2) is 0 Å². The van der Waals surface area contributed by atoms with Crippen molar-refractivity contribution in [3.63, 3.8) is 0 Å². The van der Waals surface area contributed by atoms with Crippen molar-refractivity contribution in [2.75, 3.05) is 32.8 Å². The molecule has 2 unspecified atom stereocenters. The molecule has 0 N–H and O–H groups in total. The van der Waals surface area contributed by atoms with Crippen molar-refractivity contribution in [1.82, 2.24) is 9.80 Å². The molecule has 2 heterocycles. The van der Waals surface area contributed by atoms with Gasteiger partial charge < -0.3 is 9.64 Å². The van der Waals surface area contributed by atoms with E-state index < -0.39 is 0 Å². The smallest absolute Gasteiger partial charge is 0.245 e. The van der Waals surface area contributed by atoms with E-state index in [0.29, 0.717) is 32.1 Å². The second kappa shape index (κ2) is 8.78. The molecule has 2 fully saturated rings. The third-order valence-corrected chi connectivity index (χ3v) is 5.28. The van der Waals surface area contributed by atoms with E-state index in [1.165, 1.54) is 0 Å². The molecule has 0 aliphatic carbocycles. The highest BCUT2D eigenvalue weighted by molar-refractivity contribution is 5.92. The second-order valence-corrected chi connectivity index (χ2v) is 7.72. The van der Waals surface area contributed by atoms with Crippen LogP contribution in [0.3, 0.4) is 0 Å². The summed E-state index contributed by atoms with van der Waals surface area (Å²) in [6, 6.07) is 9.36. The lowest BCUT2D eigenvalue weighted by Crippen LogP contribution is -2.50. The number of rotatable bonds is 6. The Morgan fingerprint density at radius 3 is 2.46 bits per heavy atom. The van der Waals surface area contributed by atoms with Crippen molar-refractivity contribution in [1.29, 1.82) is 0 Å². The summed E-state index contributed by atoms with van der Waals surface area (Å²) in [5.41, 5.74) is 1.00. The third-order valence-electron chi connectivity index (χ3n) is 5.28. The van der Waals surface area contributed by atoms with Crippen molar-refractivity contribution >= 4 is 11.7 Å². The second-order valence-electron chi connectivity index (χ2n) is 7.72. The van der Waals surface area contributed by atoms with Crippen LogP contribution < -0.4 is 0 Å². The lowest BCUT2D eigenvalue weighted by molar-refractivity contribution is -0.144. The van der Waals surface area contributed by atoms with Gasteiger partial charge in [0.05, 0.1) is 19.3 Å². The van der Waals surface area contributed by atoms with Crippen LogP contribution in [0.15, 0.2) is 30.3 Å². The highest BCUT2D eigenvalue weighted by Gasteiger charge is 2.39. The lowest BCUT2D eigenvalue weighted by atomic mass is 9.98. The zero-order valence-electron chi connectivity index (χ0n) is 15.9. The van der Waals surface area contributed by atoms with Gasteiger partial charge in [-0.2, -0.15) is 0 Å². The fourth-order valence-electron chi connectivity index (χ4n) is 4.04. The Morgan fingerprint density at radius 1 is 1.12 bits per heavy atom. The number of ketones is 1. The minimum Gasteiger partial charge on any atom is -0.379 e. The summed E-state index contributed by atoms with van der Waals surface area (Å²) in [7, 11) is 0. The molecule has 2 aliphatic heterocycles. The maximum atomic E-state index is 13.5. The van der Waals surface area contributed by atoms with E-state index in [2.05, 4.69) is 18.7 Å². The predicted molar refractivity (Wildman–Crippen MR) is 101 cm³/mol. The van der Waals surface area contributed by atoms with Crippen LogP contribution in [0.5, 0.6) is 0 Å².